The maximum Gasteiger partial charge on any atom is 0.331 e. The van der Waals surface area contributed by atoms with Gasteiger partial charge in [-0.2, -0.15) is 5.10 Å². The zero-order valence-electron chi connectivity index (χ0n) is 16.1. The number of carbonyl (C=O) groups is 2. The van der Waals surface area contributed by atoms with Gasteiger partial charge in [-0.3, -0.25) is 4.79 Å². The molecule has 0 saturated heterocycles. The Labute approximate surface area is 187 Å². The molecule has 0 spiro atoms. The fourth-order valence-electron chi connectivity index (χ4n) is 2.70. The van der Waals surface area contributed by atoms with Gasteiger partial charge in [0.25, 0.3) is 5.91 Å². The summed E-state index contributed by atoms with van der Waals surface area (Å²) in [5, 5.41) is 7.51. The van der Waals surface area contributed by atoms with Gasteiger partial charge >= 0.3 is 5.97 Å². The summed E-state index contributed by atoms with van der Waals surface area (Å²) in [4.78, 5) is 24.0. The van der Waals surface area contributed by atoms with E-state index in [1.807, 2.05) is 43.3 Å². The number of hydrogen-bond donors (Lipinski definition) is 1. The predicted molar refractivity (Wildman–Crippen MR) is 120 cm³/mol. The lowest BCUT2D eigenvalue weighted by Gasteiger charge is -2.07. The average molecular weight is 489 g/mol. The Morgan fingerprint density at radius 2 is 1.87 bits per heavy atom. The zero-order chi connectivity index (χ0) is 21.5. The van der Waals surface area contributed by atoms with Crippen molar-refractivity contribution in [3.8, 4) is 0 Å². The molecule has 1 heterocycles. The van der Waals surface area contributed by atoms with Gasteiger partial charge in [-0.1, -0.05) is 54.1 Å². The molecule has 2 aromatic carbocycles. The van der Waals surface area contributed by atoms with Gasteiger partial charge in [0.15, 0.2) is 6.61 Å². The predicted octanol–water partition coefficient (Wildman–Crippen LogP) is 4.85. The van der Waals surface area contributed by atoms with Crippen LogP contribution in [0.3, 0.4) is 0 Å². The normalized spacial score (nSPS) is 10.9. The summed E-state index contributed by atoms with van der Waals surface area (Å²) >= 11 is 9.76. The van der Waals surface area contributed by atoms with Gasteiger partial charge in [0.2, 0.25) is 0 Å². The first kappa shape index (κ1) is 21.8. The number of carbonyl (C=O) groups excluding carboxylic acids is 2. The molecule has 0 atom stereocenters. The van der Waals surface area contributed by atoms with Crippen LogP contribution in [0, 0.1) is 6.92 Å². The first-order chi connectivity index (χ1) is 14.4. The van der Waals surface area contributed by atoms with Crippen LogP contribution in [0.25, 0.3) is 6.08 Å². The highest BCUT2D eigenvalue weighted by Gasteiger charge is 2.12. The summed E-state index contributed by atoms with van der Waals surface area (Å²) in [6.45, 7) is 1.93. The van der Waals surface area contributed by atoms with Crippen molar-refractivity contribution < 1.29 is 14.3 Å². The van der Waals surface area contributed by atoms with Gasteiger partial charge < -0.3 is 10.1 Å². The van der Waals surface area contributed by atoms with Gasteiger partial charge in [-0.15, -0.1) is 0 Å². The molecule has 1 N–H and O–H groups in total. The molecule has 0 fully saturated rings. The Bertz CT molecular complexity index is 1080. The number of anilines is 1. The Morgan fingerprint density at radius 3 is 2.60 bits per heavy atom. The highest BCUT2D eigenvalue weighted by atomic mass is 79.9. The third kappa shape index (κ3) is 5.81. The number of rotatable bonds is 7. The minimum atomic E-state index is -0.649. The minimum Gasteiger partial charge on any atom is -0.452 e. The lowest BCUT2D eigenvalue weighted by molar-refractivity contribution is -0.142. The molecule has 3 aromatic rings. The topological polar surface area (TPSA) is 73.2 Å². The van der Waals surface area contributed by atoms with E-state index in [4.69, 9.17) is 16.3 Å². The number of para-hydroxylation sites is 1. The molecule has 0 aliphatic rings. The molecule has 3 rings (SSSR count). The maximum absolute atomic E-state index is 12.0. The highest BCUT2D eigenvalue weighted by molar-refractivity contribution is 9.10. The van der Waals surface area contributed by atoms with Gasteiger partial charge in [-0.25, -0.2) is 9.48 Å². The second-order valence-corrected chi connectivity index (χ2v) is 7.61. The molecule has 8 heteroatoms. The molecule has 0 saturated carbocycles. The SMILES string of the molecule is Cc1nn(Cc2ccccc2)c(Cl)c1/C=C/C(=O)OCC(=O)Nc1ccccc1Br. The molecule has 0 radical (unpaired) electrons. The van der Waals surface area contributed by atoms with Crippen LogP contribution in [0.5, 0.6) is 0 Å². The molecule has 30 heavy (non-hydrogen) atoms. The van der Waals surface area contributed by atoms with Crippen molar-refractivity contribution in [2.75, 3.05) is 11.9 Å². The third-order valence-electron chi connectivity index (χ3n) is 4.16. The molecule has 0 bridgehead atoms. The van der Waals surface area contributed by atoms with Crippen LogP contribution in [-0.2, 0) is 20.9 Å². The zero-order valence-corrected chi connectivity index (χ0v) is 18.5. The van der Waals surface area contributed by atoms with E-state index in [1.165, 1.54) is 6.08 Å². The summed E-state index contributed by atoms with van der Waals surface area (Å²) in [6.07, 6.45) is 2.77. The number of ether oxygens (including phenoxy) is 1. The number of aryl methyl sites for hydroxylation is 1. The Hall–Kier alpha value is -2.90. The van der Waals surface area contributed by atoms with E-state index in [1.54, 1.807) is 29.0 Å². The molecule has 0 aliphatic heterocycles. The van der Waals surface area contributed by atoms with Gasteiger partial charge in [0.05, 0.1) is 17.9 Å². The lowest BCUT2D eigenvalue weighted by atomic mass is 10.2. The highest BCUT2D eigenvalue weighted by Crippen LogP contribution is 2.23. The third-order valence-corrected chi connectivity index (χ3v) is 5.25. The number of esters is 1. The number of halogens is 2. The number of amides is 1. The van der Waals surface area contributed by atoms with Gasteiger partial charge in [-0.05, 0) is 46.6 Å². The quantitative estimate of drug-likeness (QED) is 0.381. The van der Waals surface area contributed by atoms with Gasteiger partial charge in [0, 0.05) is 16.1 Å². The van der Waals surface area contributed by atoms with Crippen LogP contribution in [0.1, 0.15) is 16.8 Å². The maximum atomic E-state index is 12.0. The van der Waals surface area contributed by atoms with E-state index in [-0.39, 0.29) is 0 Å². The lowest BCUT2D eigenvalue weighted by Crippen LogP contribution is -2.20. The first-order valence-corrected chi connectivity index (χ1v) is 10.3. The summed E-state index contributed by atoms with van der Waals surface area (Å²) in [7, 11) is 0. The number of nitrogens with zero attached hydrogens (tertiary/aromatic N) is 2. The minimum absolute atomic E-state index is 0.398. The van der Waals surface area contributed by atoms with Gasteiger partial charge in [0.1, 0.15) is 5.15 Å². The molecular formula is C22H19BrClN3O3. The standard InChI is InChI=1S/C22H19BrClN3O3/c1-15-17(22(24)27(26-15)13-16-7-3-2-4-8-16)11-12-21(29)30-14-20(28)25-19-10-6-5-9-18(19)23/h2-12H,13-14H2,1H3,(H,25,28)/b12-11+. The second-order valence-electron chi connectivity index (χ2n) is 6.40. The summed E-state index contributed by atoms with van der Waals surface area (Å²) in [5.41, 5.74) is 2.98. The van der Waals surface area contributed by atoms with Crippen molar-refractivity contribution in [3.05, 3.63) is 87.1 Å². The van der Waals surface area contributed by atoms with E-state index in [0.29, 0.717) is 28.6 Å². The van der Waals surface area contributed by atoms with Crippen LogP contribution in [-0.4, -0.2) is 28.3 Å². The molecule has 6 nitrogen and oxygen atoms in total. The Balaban J connectivity index is 1.57. The molecular weight excluding hydrogens is 470 g/mol. The van der Waals surface area contributed by atoms with E-state index in [9.17, 15) is 9.59 Å². The van der Waals surface area contributed by atoms with Crippen molar-refractivity contribution in [3.63, 3.8) is 0 Å². The largest absolute Gasteiger partial charge is 0.452 e. The number of aromatic nitrogens is 2. The number of nitrogens with one attached hydrogen (secondary N) is 1. The second kappa shape index (κ2) is 10.2. The van der Waals surface area contributed by atoms with E-state index in [2.05, 4.69) is 26.3 Å². The van der Waals surface area contributed by atoms with Crippen LogP contribution < -0.4 is 5.32 Å². The van der Waals surface area contributed by atoms with E-state index >= 15 is 0 Å². The van der Waals surface area contributed by atoms with Crippen LogP contribution in [0.15, 0.2) is 65.1 Å². The summed E-state index contributed by atoms with van der Waals surface area (Å²) < 4.78 is 7.40. The molecule has 1 aromatic heterocycles. The monoisotopic (exact) mass is 487 g/mol. The molecule has 0 aliphatic carbocycles. The summed E-state index contributed by atoms with van der Waals surface area (Å²) in [6, 6.07) is 17.0. The van der Waals surface area contributed by atoms with Crippen LogP contribution in [0.2, 0.25) is 5.15 Å². The van der Waals surface area contributed by atoms with Crippen molar-refractivity contribution in [1.29, 1.82) is 0 Å². The Morgan fingerprint density at radius 1 is 1.17 bits per heavy atom. The number of benzene rings is 2. The summed E-state index contributed by atoms with van der Waals surface area (Å²) in [5.74, 6) is -1.09. The van der Waals surface area contributed by atoms with Crippen LogP contribution in [0.4, 0.5) is 5.69 Å². The number of hydrogen-bond acceptors (Lipinski definition) is 4. The first-order valence-electron chi connectivity index (χ1n) is 9.10. The molecule has 154 valence electrons. The van der Waals surface area contributed by atoms with Crippen LogP contribution >= 0.6 is 27.5 Å². The average Bonchev–Trinajstić information content (AvgIpc) is 3.00. The molecule has 1 amide bonds. The van der Waals surface area contributed by atoms with Crippen molar-refractivity contribution in [2.24, 2.45) is 0 Å². The molecule has 0 unspecified atom stereocenters. The Kier molecular flexibility index (Phi) is 7.43. The van der Waals surface area contributed by atoms with Crippen molar-refractivity contribution in [1.82, 2.24) is 9.78 Å². The van der Waals surface area contributed by atoms with E-state index in [0.717, 1.165) is 10.0 Å². The van der Waals surface area contributed by atoms with Crippen molar-refractivity contribution >= 4 is 51.2 Å². The van der Waals surface area contributed by atoms with E-state index < -0.39 is 18.5 Å². The fraction of sp³-hybridized carbons (Fsp3) is 0.136. The van der Waals surface area contributed by atoms with Crippen molar-refractivity contribution in [2.45, 2.75) is 13.5 Å². The smallest absolute Gasteiger partial charge is 0.331 e. The fourth-order valence-corrected chi connectivity index (χ4v) is 3.38.